The molecule has 28 heavy (non-hydrogen) atoms. The molecule has 7 nitrogen and oxygen atoms in total. The Morgan fingerprint density at radius 2 is 1.96 bits per heavy atom. The first-order valence-corrected chi connectivity index (χ1v) is 10.1. The first-order valence-electron chi connectivity index (χ1n) is 10.1. The lowest BCUT2D eigenvalue weighted by molar-refractivity contribution is 0.112. The molecule has 0 saturated heterocycles. The number of pyridine rings is 1. The molecule has 146 valence electrons. The lowest BCUT2D eigenvalue weighted by atomic mass is 9.65. The molecule has 0 aliphatic heterocycles. The second-order valence-corrected chi connectivity index (χ2v) is 7.99. The van der Waals surface area contributed by atoms with Gasteiger partial charge in [-0.05, 0) is 55.6 Å². The van der Waals surface area contributed by atoms with Crippen LogP contribution in [-0.2, 0) is 6.54 Å². The summed E-state index contributed by atoms with van der Waals surface area (Å²) in [6, 6.07) is 8.34. The molecular formula is C21H27N7. The van der Waals surface area contributed by atoms with Gasteiger partial charge < -0.3 is 16.4 Å². The average molecular weight is 377 g/mol. The highest BCUT2D eigenvalue weighted by molar-refractivity contribution is 5.53. The van der Waals surface area contributed by atoms with Crippen molar-refractivity contribution in [2.45, 2.75) is 44.7 Å². The number of aromatic nitrogens is 3. The van der Waals surface area contributed by atoms with Crippen LogP contribution in [0, 0.1) is 29.1 Å². The van der Waals surface area contributed by atoms with E-state index in [0.29, 0.717) is 47.7 Å². The van der Waals surface area contributed by atoms with Gasteiger partial charge in [-0.2, -0.15) is 10.2 Å². The monoisotopic (exact) mass is 377 g/mol. The van der Waals surface area contributed by atoms with Crippen molar-refractivity contribution in [2.75, 3.05) is 17.2 Å². The zero-order valence-electron chi connectivity index (χ0n) is 16.0. The molecule has 4 rings (SSSR count). The molecule has 2 aromatic heterocycles. The Morgan fingerprint density at radius 3 is 2.68 bits per heavy atom. The zero-order valence-corrected chi connectivity index (χ0v) is 16.0. The third-order valence-corrected chi connectivity index (χ3v) is 6.13. The predicted octanol–water partition coefficient (Wildman–Crippen LogP) is 2.92. The number of hydrogen-bond acceptors (Lipinski definition) is 7. The SMILES string of the molecule is N#Cc1cnc(NCc2ccccn2)nc1NCC1C[C@H]2CCC[C@@H](C1)[C@@H]2N. The first kappa shape index (κ1) is 18.6. The van der Waals surface area contributed by atoms with Crippen molar-refractivity contribution in [3.8, 4) is 6.07 Å². The third-order valence-electron chi connectivity index (χ3n) is 6.13. The second kappa shape index (κ2) is 8.53. The molecule has 0 amide bonds. The summed E-state index contributed by atoms with van der Waals surface area (Å²) in [5.41, 5.74) is 7.78. The normalized spacial score (nSPS) is 26.3. The van der Waals surface area contributed by atoms with Crippen molar-refractivity contribution in [1.29, 1.82) is 5.26 Å². The van der Waals surface area contributed by atoms with E-state index in [-0.39, 0.29) is 0 Å². The Labute approximate surface area is 165 Å². The number of nitrogens with zero attached hydrogens (tertiary/aromatic N) is 4. The maximum Gasteiger partial charge on any atom is 0.225 e. The van der Waals surface area contributed by atoms with Gasteiger partial charge in [0.2, 0.25) is 5.95 Å². The van der Waals surface area contributed by atoms with Gasteiger partial charge in [0.1, 0.15) is 17.5 Å². The molecule has 2 saturated carbocycles. The fraction of sp³-hybridized carbons (Fsp3) is 0.524. The molecule has 2 aromatic rings. The first-order chi connectivity index (χ1) is 13.7. The van der Waals surface area contributed by atoms with Gasteiger partial charge in [0, 0.05) is 18.8 Å². The van der Waals surface area contributed by atoms with Gasteiger partial charge in [0.15, 0.2) is 0 Å². The fourth-order valence-electron chi connectivity index (χ4n) is 4.68. The van der Waals surface area contributed by atoms with E-state index in [1.807, 2.05) is 18.2 Å². The summed E-state index contributed by atoms with van der Waals surface area (Å²) in [6.07, 6.45) is 9.50. The average Bonchev–Trinajstić information content (AvgIpc) is 2.72. The summed E-state index contributed by atoms with van der Waals surface area (Å²) in [4.78, 5) is 13.1. The maximum atomic E-state index is 9.40. The highest BCUT2D eigenvalue weighted by Crippen LogP contribution is 2.41. The molecule has 0 aromatic carbocycles. The number of nitriles is 1. The van der Waals surface area contributed by atoms with Gasteiger partial charge in [-0.25, -0.2) is 4.98 Å². The van der Waals surface area contributed by atoms with Gasteiger partial charge in [0.25, 0.3) is 0 Å². The van der Waals surface area contributed by atoms with Crippen molar-refractivity contribution >= 4 is 11.8 Å². The van der Waals surface area contributed by atoms with Crippen molar-refractivity contribution in [3.63, 3.8) is 0 Å². The molecule has 2 bridgehead atoms. The van der Waals surface area contributed by atoms with Crippen LogP contribution in [0.5, 0.6) is 0 Å². The zero-order chi connectivity index (χ0) is 19.3. The Kier molecular flexibility index (Phi) is 5.68. The van der Waals surface area contributed by atoms with E-state index in [1.165, 1.54) is 32.1 Å². The molecule has 2 aliphatic rings. The van der Waals surface area contributed by atoms with Crippen LogP contribution in [0.3, 0.4) is 0 Å². The minimum atomic E-state index is 0.376. The number of nitrogens with two attached hydrogens (primary N) is 1. The van der Waals surface area contributed by atoms with Crippen LogP contribution in [0.4, 0.5) is 11.8 Å². The molecule has 2 fully saturated rings. The van der Waals surface area contributed by atoms with Gasteiger partial charge >= 0.3 is 0 Å². The van der Waals surface area contributed by atoms with E-state index in [0.717, 1.165) is 12.2 Å². The van der Waals surface area contributed by atoms with Gasteiger partial charge in [0.05, 0.1) is 18.4 Å². The molecule has 4 N–H and O–H groups in total. The van der Waals surface area contributed by atoms with Crippen molar-refractivity contribution in [2.24, 2.45) is 23.5 Å². The minimum Gasteiger partial charge on any atom is -0.369 e. The number of anilines is 2. The number of hydrogen-bond donors (Lipinski definition) is 3. The minimum absolute atomic E-state index is 0.376. The van der Waals surface area contributed by atoms with Crippen molar-refractivity contribution < 1.29 is 0 Å². The topological polar surface area (TPSA) is 113 Å². The molecule has 2 aliphatic carbocycles. The van der Waals surface area contributed by atoms with Crippen LogP contribution in [0.2, 0.25) is 0 Å². The predicted molar refractivity (Wildman–Crippen MR) is 108 cm³/mol. The van der Waals surface area contributed by atoms with E-state index in [1.54, 1.807) is 12.4 Å². The summed E-state index contributed by atoms with van der Waals surface area (Å²) in [5, 5.41) is 16.0. The van der Waals surface area contributed by atoms with Gasteiger partial charge in [-0.1, -0.05) is 12.5 Å². The quantitative estimate of drug-likeness (QED) is 0.709. The van der Waals surface area contributed by atoms with Crippen LogP contribution in [0.1, 0.15) is 43.4 Å². The van der Waals surface area contributed by atoms with E-state index in [2.05, 4.69) is 31.7 Å². The van der Waals surface area contributed by atoms with Crippen LogP contribution < -0.4 is 16.4 Å². The van der Waals surface area contributed by atoms with Crippen LogP contribution in [-0.4, -0.2) is 27.5 Å². The summed E-state index contributed by atoms with van der Waals surface area (Å²) in [5.74, 6) is 2.98. The summed E-state index contributed by atoms with van der Waals surface area (Å²) < 4.78 is 0. The molecule has 0 radical (unpaired) electrons. The largest absolute Gasteiger partial charge is 0.369 e. The maximum absolute atomic E-state index is 9.40. The van der Waals surface area contributed by atoms with Crippen LogP contribution >= 0.6 is 0 Å². The standard InChI is InChI=1S/C21H27N7/c22-10-17-12-26-21(27-13-18-6-1-2-7-24-18)28-20(17)25-11-14-8-15-4-3-5-16(9-14)19(15)23/h1-2,6-7,12,14-16,19H,3-5,8-9,11,13,23H2,(H2,25,26,27,28)/t14?,15-,16+,19-. The number of rotatable bonds is 6. The van der Waals surface area contributed by atoms with E-state index >= 15 is 0 Å². The smallest absolute Gasteiger partial charge is 0.225 e. The van der Waals surface area contributed by atoms with Crippen molar-refractivity contribution in [3.05, 3.63) is 41.9 Å². The summed E-state index contributed by atoms with van der Waals surface area (Å²) in [7, 11) is 0. The summed E-state index contributed by atoms with van der Waals surface area (Å²) in [6.45, 7) is 1.36. The molecule has 1 unspecified atom stereocenters. The van der Waals surface area contributed by atoms with Gasteiger partial charge in [-0.3, -0.25) is 4.98 Å². The highest BCUT2D eigenvalue weighted by atomic mass is 15.1. The van der Waals surface area contributed by atoms with E-state index in [9.17, 15) is 5.26 Å². The van der Waals surface area contributed by atoms with Crippen LogP contribution in [0.15, 0.2) is 30.6 Å². The van der Waals surface area contributed by atoms with Crippen LogP contribution in [0.25, 0.3) is 0 Å². The Bertz CT molecular complexity index is 818. The van der Waals surface area contributed by atoms with E-state index < -0.39 is 0 Å². The molecule has 7 heteroatoms. The van der Waals surface area contributed by atoms with Crippen molar-refractivity contribution in [1.82, 2.24) is 15.0 Å². The van der Waals surface area contributed by atoms with Gasteiger partial charge in [-0.15, -0.1) is 0 Å². The molecule has 2 heterocycles. The lowest BCUT2D eigenvalue weighted by Gasteiger charge is -2.44. The summed E-state index contributed by atoms with van der Waals surface area (Å²) >= 11 is 0. The number of fused-ring (bicyclic) bond motifs is 2. The second-order valence-electron chi connectivity index (χ2n) is 7.99. The third kappa shape index (κ3) is 4.23. The molecule has 0 spiro atoms. The molecule has 4 atom stereocenters. The fourth-order valence-corrected chi connectivity index (χ4v) is 4.68. The Hall–Kier alpha value is -2.72. The molecular weight excluding hydrogens is 350 g/mol. The Morgan fingerprint density at radius 1 is 1.14 bits per heavy atom. The number of nitrogens with one attached hydrogen (secondary N) is 2. The Balaban J connectivity index is 1.38. The van der Waals surface area contributed by atoms with E-state index in [4.69, 9.17) is 5.73 Å². The highest BCUT2D eigenvalue weighted by Gasteiger charge is 2.37. The lowest BCUT2D eigenvalue weighted by Crippen LogP contribution is -2.47.